The zero-order valence-corrected chi connectivity index (χ0v) is 11.3. The Kier molecular flexibility index (Phi) is 4.45. The van der Waals surface area contributed by atoms with Crippen molar-refractivity contribution in [2.75, 3.05) is 6.54 Å². The van der Waals surface area contributed by atoms with Crippen LogP contribution in [0.1, 0.15) is 39.0 Å². The van der Waals surface area contributed by atoms with Gasteiger partial charge < -0.3 is 15.5 Å². The number of carboxylic acid groups (broad SMARTS) is 1. The summed E-state index contributed by atoms with van der Waals surface area (Å²) in [5, 5.41) is 21.7. The highest BCUT2D eigenvalue weighted by molar-refractivity contribution is 5.85. The molecule has 19 heavy (non-hydrogen) atoms. The van der Waals surface area contributed by atoms with Crippen LogP contribution in [0.5, 0.6) is 0 Å². The fraction of sp³-hybridized carbons (Fsp3) is 0.857. The zero-order chi connectivity index (χ0) is 14.0. The van der Waals surface area contributed by atoms with Crippen molar-refractivity contribution >= 4 is 11.9 Å². The molecule has 5 unspecified atom stereocenters. The third-order valence-electron chi connectivity index (χ3n) is 4.61. The molecule has 108 valence electrons. The van der Waals surface area contributed by atoms with Gasteiger partial charge in [0.1, 0.15) is 0 Å². The van der Waals surface area contributed by atoms with Gasteiger partial charge in [-0.3, -0.25) is 9.59 Å². The maximum absolute atomic E-state index is 12.1. The van der Waals surface area contributed by atoms with Crippen LogP contribution in [-0.2, 0) is 9.59 Å². The van der Waals surface area contributed by atoms with Crippen LogP contribution in [-0.4, -0.2) is 34.7 Å². The number of nitrogens with one attached hydrogen (secondary N) is 1. The molecule has 5 nitrogen and oxygen atoms in total. The highest BCUT2D eigenvalue weighted by Gasteiger charge is 2.41. The summed E-state index contributed by atoms with van der Waals surface area (Å²) in [6.07, 6.45) is 3.65. The molecule has 2 aliphatic rings. The first-order chi connectivity index (χ1) is 8.99. The summed E-state index contributed by atoms with van der Waals surface area (Å²) < 4.78 is 0. The van der Waals surface area contributed by atoms with E-state index in [1.54, 1.807) is 0 Å². The molecule has 0 radical (unpaired) electrons. The molecule has 0 heterocycles. The van der Waals surface area contributed by atoms with Crippen LogP contribution in [0.25, 0.3) is 0 Å². The van der Waals surface area contributed by atoms with Gasteiger partial charge in [0.05, 0.1) is 17.9 Å². The summed E-state index contributed by atoms with van der Waals surface area (Å²) in [6.45, 7) is 2.46. The minimum atomic E-state index is -0.870. The Bertz CT molecular complexity index is 357. The number of amides is 1. The van der Waals surface area contributed by atoms with Gasteiger partial charge in [0.2, 0.25) is 5.91 Å². The molecule has 3 N–H and O–H groups in total. The highest BCUT2D eigenvalue weighted by atomic mass is 16.4. The number of carbonyl (C=O) groups is 2. The average Bonchev–Trinajstić information content (AvgIpc) is 2.92. The molecule has 0 aliphatic heterocycles. The minimum absolute atomic E-state index is 0.131. The second-order valence-corrected chi connectivity index (χ2v) is 6.13. The molecule has 0 aromatic carbocycles. The van der Waals surface area contributed by atoms with Crippen LogP contribution in [0.3, 0.4) is 0 Å². The zero-order valence-electron chi connectivity index (χ0n) is 11.3. The molecular formula is C14H23NO4. The molecule has 0 spiro atoms. The fourth-order valence-electron chi connectivity index (χ4n) is 3.47. The monoisotopic (exact) mass is 269 g/mol. The van der Waals surface area contributed by atoms with E-state index in [0.717, 1.165) is 19.3 Å². The van der Waals surface area contributed by atoms with Crippen molar-refractivity contribution < 1.29 is 19.8 Å². The number of carboxylic acids is 1. The Morgan fingerprint density at radius 3 is 2.47 bits per heavy atom. The van der Waals surface area contributed by atoms with Gasteiger partial charge in [-0.2, -0.15) is 0 Å². The van der Waals surface area contributed by atoms with Gasteiger partial charge in [0.25, 0.3) is 0 Å². The molecule has 2 aliphatic carbocycles. The van der Waals surface area contributed by atoms with Crippen LogP contribution >= 0.6 is 0 Å². The van der Waals surface area contributed by atoms with E-state index in [0.29, 0.717) is 19.4 Å². The molecule has 1 amide bonds. The summed E-state index contributed by atoms with van der Waals surface area (Å²) >= 11 is 0. The quantitative estimate of drug-likeness (QED) is 0.711. The van der Waals surface area contributed by atoms with Gasteiger partial charge in [-0.1, -0.05) is 13.3 Å². The van der Waals surface area contributed by atoms with Crippen LogP contribution in [0, 0.1) is 23.7 Å². The molecule has 0 aromatic rings. The maximum atomic E-state index is 12.1. The lowest BCUT2D eigenvalue weighted by Gasteiger charge is -2.19. The number of aliphatic hydroxyl groups is 1. The molecule has 2 fully saturated rings. The van der Waals surface area contributed by atoms with E-state index in [1.807, 2.05) is 6.92 Å². The molecule has 2 saturated carbocycles. The second kappa shape index (κ2) is 5.90. The van der Waals surface area contributed by atoms with Crippen LogP contribution < -0.4 is 5.32 Å². The standard InChI is InChI=1S/C14H23NO4/c1-8-5-10(11(6-8)14(18)19)13(17)15-7-9-3-2-4-12(9)16/h8-12,16H,2-7H2,1H3,(H,15,17)(H,18,19). The fourth-order valence-corrected chi connectivity index (χ4v) is 3.47. The van der Waals surface area contributed by atoms with E-state index >= 15 is 0 Å². The number of hydrogen-bond acceptors (Lipinski definition) is 3. The van der Waals surface area contributed by atoms with Crippen LogP contribution in [0.15, 0.2) is 0 Å². The van der Waals surface area contributed by atoms with Crippen molar-refractivity contribution in [3.8, 4) is 0 Å². The van der Waals surface area contributed by atoms with Crippen LogP contribution in [0.2, 0.25) is 0 Å². The van der Waals surface area contributed by atoms with Crippen molar-refractivity contribution in [3.63, 3.8) is 0 Å². The van der Waals surface area contributed by atoms with Gasteiger partial charge in [0, 0.05) is 12.5 Å². The normalized spacial score (nSPS) is 38.3. The average molecular weight is 269 g/mol. The van der Waals surface area contributed by atoms with Gasteiger partial charge in [-0.15, -0.1) is 0 Å². The lowest BCUT2D eigenvalue weighted by Crippen LogP contribution is -2.39. The molecule has 5 heteroatoms. The van der Waals surface area contributed by atoms with Gasteiger partial charge in [-0.05, 0) is 31.6 Å². The Hall–Kier alpha value is -1.10. The smallest absolute Gasteiger partial charge is 0.307 e. The molecule has 5 atom stereocenters. The SMILES string of the molecule is CC1CC(C(=O)O)C(C(=O)NCC2CCCC2O)C1. The molecule has 0 bridgehead atoms. The lowest BCUT2D eigenvalue weighted by atomic mass is 9.95. The Balaban J connectivity index is 1.86. The first-order valence-corrected chi connectivity index (χ1v) is 7.17. The highest BCUT2D eigenvalue weighted by Crippen LogP contribution is 2.36. The molecule has 0 aromatic heterocycles. The minimum Gasteiger partial charge on any atom is -0.481 e. The molecule has 2 rings (SSSR count). The Labute approximate surface area is 113 Å². The summed E-state index contributed by atoms with van der Waals surface area (Å²) in [4.78, 5) is 23.3. The van der Waals surface area contributed by atoms with Crippen molar-refractivity contribution in [2.45, 2.75) is 45.1 Å². The largest absolute Gasteiger partial charge is 0.481 e. The van der Waals surface area contributed by atoms with E-state index in [2.05, 4.69) is 5.32 Å². The van der Waals surface area contributed by atoms with Crippen LogP contribution in [0.4, 0.5) is 0 Å². The van der Waals surface area contributed by atoms with Crippen molar-refractivity contribution in [1.29, 1.82) is 0 Å². The summed E-state index contributed by atoms with van der Waals surface area (Å²) in [5.41, 5.74) is 0. The van der Waals surface area contributed by atoms with E-state index in [4.69, 9.17) is 5.11 Å². The van der Waals surface area contributed by atoms with Gasteiger partial charge >= 0.3 is 5.97 Å². The number of aliphatic carboxylic acids is 1. The van der Waals surface area contributed by atoms with Crippen molar-refractivity contribution in [2.24, 2.45) is 23.7 Å². The number of hydrogen-bond donors (Lipinski definition) is 3. The van der Waals surface area contributed by atoms with Crippen molar-refractivity contribution in [1.82, 2.24) is 5.32 Å². The predicted molar refractivity (Wildman–Crippen MR) is 69.4 cm³/mol. The van der Waals surface area contributed by atoms with E-state index in [9.17, 15) is 14.7 Å². The number of rotatable bonds is 4. The predicted octanol–water partition coefficient (Wildman–Crippen LogP) is 1.01. The number of carbonyl (C=O) groups excluding carboxylic acids is 1. The lowest BCUT2D eigenvalue weighted by molar-refractivity contribution is -0.146. The van der Waals surface area contributed by atoms with E-state index in [1.165, 1.54) is 0 Å². The topological polar surface area (TPSA) is 86.6 Å². The first kappa shape index (κ1) is 14.3. The summed E-state index contributed by atoms with van der Waals surface area (Å²) in [5.74, 6) is -1.57. The summed E-state index contributed by atoms with van der Waals surface area (Å²) in [7, 11) is 0. The second-order valence-electron chi connectivity index (χ2n) is 6.13. The summed E-state index contributed by atoms with van der Waals surface area (Å²) in [6, 6.07) is 0. The molecular weight excluding hydrogens is 246 g/mol. The Morgan fingerprint density at radius 2 is 1.89 bits per heavy atom. The number of aliphatic hydroxyl groups excluding tert-OH is 1. The van der Waals surface area contributed by atoms with Gasteiger partial charge in [0.15, 0.2) is 0 Å². The van der Waals surface area contributed by atoms with Gasteiger partial charge in [-0.25, -0.2) is 0 Å². The third kappa shape index (κ3) is 3.26. The third-order valence-corrected chi connectivity index (χ3v) is 4.61. The van der Waals surface area contributed by atoms with Crippen molar-refractivity contribution in [3.05, 3.63) is 0 Å². The first-order valence-electron chi connectivity index (χ1n) is 7.17. The van der Waals surface area contributed by atoms with E-state index < -0.39 is 17.8 Å². The Morgan fingerprint density at radius 1 is 1.21 bits per heavy atom. The van der Waals surface area contributed by atoms with E-state index in [-0.39, 0.29) is 23.8 Å². The molecule has 0 saturated heterocycles. The maximum Gasteiger partial charge on any atom is 0.307 e.